The van der Waals surface area contributed by atoms with Crippen molar-refractivity contribution in [1.82, 2.24) is 9.88 Å². The number of hydrogen-bond donors (Lipinski definition) is 1. The lowest BCUT2D eigenvalue weighted by molar-refractivity contribution is -0.121. The number of pyridine rings is 1. The summed E-state index contributed by atoms with van der Waals surface area (Å²) in [6.07, 6.45) is -0.845. The summed E-state index contributed by atoms with van der Waals surface area (Å²) in [5.74, 6) is 1.00. The first kappa shape index (κ1) is 22.3. The number of nitrogens with zero attached hydrogens (tertiary/aromatic N) is 2. The normalized spacial score (nSPS) is 17.0. The number of ether oxygens (including phenoxy) is 3. The second-order valence-electron chi connectivity index (χ2n) is 8.02. The highest BCUT2D eigenvalue weighted by molar-refractivity contribution is 9.10. The summed E-state index contributed by atoms with van der Waals surface area (Å²) in [7, 11) is 0. The number of hydrogen-bond acceptors (Lipinski definition) is 6. The molecule has 1 atom stereocenters. The SMILES string of the molecule is O=C(CCn1c(=O)ccc2ccc(Br)cc21)NC[C@@H]1CN(c2ccc3c(c2)OCCO3)C(=O)O1. The fraction of sp³-hybridized carbons (Fsp3) is 0.292. The van der Waals surface area contributed by atoms with Gasteiger partial charge in [-0.2, -0.15) is 0 Å². The number of rotatable bonds is 6. The van der Waals surface area contributed by atoms with E-state index in [2.05, 4.69) is 21.2 Å². The van der Waals surface area contributed by atoms with Crippen LogP contribution < -0.4 is 25.2 Å². The Hall–Kier alpha value is -3.53. The fourth-order valence-corrected chi connectivity index (χ4v) is 4.41. The average molecular weight is 528 g/mol. The van der Waals surface area contributed by atoms with Crippen LogP contribution in [-0.2, 0) is 16.1 Å². The Kier molecular flexibility index (Phi) is 6.14. The van der Waals surface area contributed by atoms with Crippen molar-refractivity contribution in [1.29, 1.82) is 0 Å². The van der Waals surface area contributed by atoms with Crippen LogP contribution in [0.15, 0.2) is 57.8 Å². The molecule has 1 aromatic heterocycles. The maximum Gasteiger partial charge on any atom is 0.414 e. The topological polar surface area (TPSA) is 99.1 Å². The van der Waals surface area contributed by atoms with E-state index in [0.717, 1.165) is 15.4 Å². The molecule has 1 N–H and O–H groups in total. The Labute approximate surface area is 203 Å². The molecule has 3 aromatic rings. The Morgan fingerprint density at radius 3 is 2.68 bits per heavy atom. The molecule has 176 valence electrons. The van der Waals surface area contributed by atoms with Crippen LogP contribution in [0.5, 0.6) is 11.5 Å². The van der Waals surface area contributed by atoms with Crippen molar-refractivity contribution in [3.05, 3.63) is 63.4 Å². The maximum absolute atomic E-state index is 12.5. The van der Waals surface area contributed by atoms with Crippen LogP contribution in [0.2, 0.25) is 0 Å². The quantitative estimate of drug-likeness (QED) is 0.528. The van der Waals surface area contributed by atoms with Crippen LogP contribution >= 0.6 is 15.9 Å². The van der Waals surface area contributed by atoms with Gasteiger partial charge in [-0.3, -0.25) is 14.5 Å². The predicted octanol–water partition coefficient (Wildman–Crippen LogP) is 3.07. The summed E-state index contributed by atoms with van der Waals surface area (Å²) in [5.41, 5.74) is 1.23. The molecule has 2 aliphatic heterocycles. The lowest BCUT2D eigenvalue weighted by atomic mass is 10.2. The molecule has 0 saturated carbocycles. The standard InChI is InChI=1S/C24H22BrN3O6/c25-16-3-1-15-2-6-23(30)27(19(15)11-16)8-7-22(29)26-13-18-14-28(24(31)34-18)17-4-5-20-21(12-17)33-10-9-32-20/h1-6,11-12,18H,7-10,13-14H2,(H,26,29)/t18-/m1/s1. The number of carbonyl (C=O) groups is 2. The van der Waals surface area contributed by atoms with Crippen molar-refractivity contribution in [3.63, 3.8) is 0 Å². The zero-order valence-corrected chi connectivity index (χ0v) is 19.7. The monoisotopic (exact) mass is 527 g/mol. The Bertz CT molecular complexity index is 1320. The summed E-state index contributed by atoms with van der Waals surface area (Å²) >= 11 is 3.43. The molecule has 2 aliphatic rings. The minimum absolute atomic E-state index is 0.123. The Morgan fingerprint density at radius 1 is 1.03 bits per heavy atom. The molecule has 10 heteroatoms. The molecule has 1 saturated heterocycles. The molecule has 2 aromatic carbocycles. The van der Waals surface area contributed by atoms with Crippen molar-refractivity contribution < 1.29 is 23.8 Å². The molecule has 0 aliphatic carbocycles. The number of cyclic esters (lactones) is 1. The van der Waals surface area contributed by atoms with Crippen molar-refractivity contribution in [2.24, 2.45) is 0 Å². The highest BCUT2D eigenvalue weighted by atomic mass is 79.9. The first-order valence-corrected chi connectivity index (χ1v) is 11.7. The zero-order chi connectivity index (χ0) is 23.7. The predicted molar refractivity (Wildman–Crippen MR) is 129 cm³/mol. The van der Waals surface area contributed by atoms with E-state index in [4.69, 9.17) is 14.2 Å². The number of carbonyl (C=O) groups excluding carboxylic acids is 2. The van der Waals surface area contributed by atoms with E-state index >= 15 is 0 Å². The number of fused-ring (bicyclic) bond motifs is 2. The molecule has 1 fully saturated rings. The minimum Gasteiger partial charge on any atom is -0.486 e. The van der Waals surface area contributed by atoms with Gasteiger partial charge in [-0.1, -0.05) is 22.0 Å². The largest absolute Gasteiger partial charge is 0.486 e. The van der Waals surface area contributed by atoms with Crippen LogP contribution in [0, 0.1) is 0 Å². The molecule has 0 unspecified atom stereocenters. The van der Waals surface area contributed by atoms with Gasteiger partial charge in [0.2, 0.25) is 5.91 Å². The van der Waals surface area contributed by atoms with Gasteiger partial charge in [0.1, 0.15) is 19.3 Å². The summed E-state index contributed by atoms with van der Waals surface area (Å²) in [5, 5.41) is 3.72. The highest BCUT2D eigenvalue weighted by Gasteiger charge is 2.33. The summed E-state index contributed by atoms with van der Waals surface area (Å²) < 4.78 is 19.0. The van der Waals surface area contributed by atoms with E-state index in [1.807, 2.05) is 18.2 Å². The molecular weight excluding hydrogens is 506 g/mol. The molecule has 5 rings (SSSR count). The number of benzene rings is 2. The van der Waals surface area contributed by atoms with Gasteiger partial charge < -0.3 is 24.1 Å². The van der Waals surface area contributed by atoms with Gasteiger partial charge in [-0.25, -0.2) is 4.79 Å². The summed E-state index contributed by atoms with van der Waals surface area (Å²) in [4.78, 5) is 38.7. The second kappa shape index (κ2) is 9.38. The van der Waals surface area contributed by atoms with Crippen molar-refractivity contribution in [3.8, 4) is 11.5 Å². The number of anilines is 1. The lowest BCUT2D eigenvalue weighted by Gasteiger charge is -2.21. The zero-order valence-electron chi connectivity index (χ0n) is 18.2. The number of amides is 2. The van der Waals surface area contributed by atoms with Gasteiger partial charge in [-0.05, 0) is 35.7 Å². The van der Waals surface area contributed by atoms with Crippen LogP contribution in [0.4, 0.5) is 10.5 Å². The fourth-order valence-electron chi connectivity index (χ4n) is 4.06. The van der Waals surface area contributed by atoms with Crippen LogP contribution in [0.3, 0.4) is 0 Å². The van der Waals surface area contributed by atoms with Gasteiger partial charge in [0.05, 0.1) is 24.3 Å². The molecule has 0 bridgehead atoms. The Morgan fingerprint density at radius 2 is 1.82 bits per heavy atom. The first-order valence-electron chi connectivity index (χ1n) is 10.9. The van der Waals surface area contributed by atoms with Gasteiger partial charge >= 0.3 is 6.09 Å². The van der Waals surface area contributed by atoms with E-state index < -0.39 is 12.2 Å². The maximum atomic E-state index is 12.5. The number of aromatic nitrogens is 1. The third-order valence-electron chi connectivity index (χ3n) is 5.76. The van der Waals surface area contributed by atoms with Gasteiger partial charge in [-0.15, -0.1) is 0 Å². The molecule has 9 nitrogen and oxygen atoms in total. The minimum atomic E-state index is -0.485. The summed E-state index contributed by atoms with van der Waals surface area (Å²) in [6, 6.07) is 14.2. The van der Waals surface area contributed by atoms with Crippen LogP contribution in [0.1, 0.15) is 6.42 Å². The number of nitrogens with one attached hydrogen (secondary N) is 1. The van der Waals surface area contributed by atoms with E-state index in [-0.39, 0.29) is 31.0 Å². The Balaban J connectivity index is 1.17. The van der Waals surface area contributed by atoms with Gasteiger partial charge in [0.15, 0.2) is 11.5 Å². The number of aryl methyl sites for hydroxylation is 1. The highest BCUT2D eigenvalue weighted by Crippen LogP contribution is 2.35. The molecule has 2 amide bonds. The van der Waals surface area contributed by atoms with Crippen molar-refractivity contribution in [2.75, 3.05) is 31.2 Å². The van der Waals surface area contributed by atoms with Gasteiger partial charge in [0.25, 0.3) is 5.56 Å². The lowest BCUT2D eigenvalue weighted by Crippen LogP contribution is -2.35. The third kappa shape index (κ3) is 4.58. The van der Waals surface area contributed by atoms with E-state index in [1.54, 1.807) is 28.8 Å². The number of halogens is 1. The molecule has 34 heavy (non-hydrogen) atoms. The van der Waals surface area contributed by atoms with Gasteiger partial charge in [0, 0.05) is 29.6 Å². The summed E-state index contributed by atoms with van der Waals surface area (Å²) in [6.45, 7) is 1.67. The average Bonchev–Trinajstić information content (AvgIpc) is 3.22. The molecule has 0 spiro atoms. The first-order chi connectivity index (χ1) is 16.5. The molecule has 0 radical (unpaired) electrons. The van der Waals surface area contributed by atoms with Crippen LogP contribution in [-0.4, -0.2) is 49.0 Å². The smallest absolute Gasteiger partial charge is 0.414 e. The van der Waals surface area contributed by atoms with Crippen molar-refractivity contribution in [2.45, 2.75) is 19.1 Å². The van der Waals surface area contributed by atoms with Crippen LogP contribution in [0.25, 0.3) is 10.9 Å². The third-order valence-corrected chi connectivity index (χ3v) is 6.25. The van der Waals surface area contributed by atoms with E-state index in [0.29, 0.717) is 36.9 Å². The van der Waals surface area contributed by atoms with Crippen molar-refractivity contribution >= 4 is 44.5 Å². The van der Waals surface area contributed by atoms with E-state index in [9.17, 15) is 14.4 Å². The molecule has 3 heterocycles. The van der Waals surface area contributed by atoms with E-state index in [1.165, 1.54) is 11.0 Å². The second-order valence-corrected chi connectivity index (χ2v) is 8.94. The molecular formula is C24H22BrN3O6.